The second-order valence-electron chi connectivity index (χ2n) is 14.0. The van der Waals surface area contributed by atoms with Crippen LogP contribution in [-0.4, -0.2) is 15.0 Å². The molecule has 2 heterocycles. The molecule has 0 amide bonds. The summed E-state index contributed by atoms with van der Waals surface area (Å²) < 4.78 is 1.23. The van der Waals surface area contributed by atoms with Crippen molar-refractivity contribution in [3.8, 4) is 33.2 Å². The Morgan fingerprint density at radius 1 is 0.509 bits per heavy atom. The van der Waals surface area contributed by atoms with Crippen LogP contribution in [0.4, 0.5) is 0 Å². The zero-order valence-corrected chi connectivity index (χ0v) is 30.7. The molecule has 53 heavy (non-hydrogen) atoms. The van der Waals surface area contributed by atoms with E-state index in [1.54, 1.807) is 11.3 Å². The standard InChI is InChI=1S/C49H41N3S/c1-5-15-36(16-6-1)45(37-17-7-2-8-18-37)46(38-19-9-3-10-20-38)39-29-25-34(26-30-39)35-27-31-41(32-28-35)48-50-47(40-21-11-4-12-22-40)51-49(52-48)44-33-42-23-13-14-24-43(42)53-44/h3,5,9-11,13-17,19-33H,1-2,4,6-8,12,18H2/b46-45+. The zero-order valence-electron chi connectivity index (χ0n) is 29.8. The maximum Gasteiger partial charge on any atom is 0.174 e. The van der Waals surface area contributed by atoms with Gasteiger partial charge in [0.15, 0.2) is 17.5 Å². The van der Waals surface area contributed by atoms with Gasteiger partial charge in [-0.1, -0.05) is 140 Å². The molecule has 3 aliphatic rings. The molecule has 258 valence electrons. The molecule has 3 nitrogen and oxygen atoms in total. The fraction of sp³-hybridized carbons (Fsp3) is 0.163. The first-order chi connectivity index (χ1) is 26.3. The molecule has 0 aliphatic heterocycles. The molecular formula is C49H41N3S. The summed E-state index contributed by atoms with van der Waals surface area (Å²) in [6, 6.07) is 39.4. The van der Waals surface area contributed by atoms with Crippen LogP contribution in [0.5, 0.6) is 0 Å². The smallest absolute Gasteiger partial charge is 0.174 e. The summed E-state index contributed by atoms with van der Waals surface area (Å²) in [6.07, 6.45) is 25.2. The number of nitrogens with zero attached hydrogens (tertiary/aromatic N) is 3. The second-order valence-corrected chi connectivity index (χ2v) is 15.1. The first kappa shape index (κ1) is 33.1. The quantitative estimate of drug-likeness (QED) is 0.158. The first-order valence-electron chi connectivity index (χ1n) is 19.0. The van der Waals surface area contributed by atoms with E-state index >= 15 is 0 Å². The predicted octanol–water partition coefficient (Wildman–Crippen LogP) is 13.4. The van der Waals surface area contributed by atoms with E-state index in [0.29, 0.717) is 5.82 Å². The van der Waals surface area contributed by atoms with Crippen molar-refractivity contribution in [2.75, 3.05) is 0 Å². The Morgan fingerprint density at radius 2 is 1.19 bits per heavy atom. The summed E-state index contributed by atoms with van der Waals surface area (Å²) in [4.78, 5) is 16.1. The summed E-state index contributed by atoms with van der Waals surface area (Å²) in [6.45, 7) is 0. The summed E-state index contributed by atoms with van der Waals surface area (Å²) in [5.41, 5.74) is 12.4. The monoisotopic (exact) mass is 703 g/mol. The minimum Gasteiger partial charge on any atom is -0.208 e. The van der Waals surface area contributed by atoms with Crippen LogP contribution in [0.15, 0.2) is 168 Å². The fourth-order valence-corrected chi connectivity index (χ4v) is 8.67. The van der Waals surface area contributed by atoms with Gasteiger partial charge in [-0.2, -0.15) is 0 Å². The van der Waals surface area contributed by atoms with Gasteiger partial charge in [-0.3, -0.25) is 0 Å². The lowest BCUT2D eigenvalue weighted by molar-refractivity contribution is 0.707. The predicted molar refractivity (Wildman–Crippen MR) is 223 cm³/mol. The highest BCUT2D eigenvalue weighted by atomic mass is 32.1. The van der Waals surface area contributed by atoms with E-state index in [1.807, 2.05) is 0 Å². The Morgan fingerprint density at radius 3 is 1.91 bits per heavy atom. The molecule has 0 spiro atoms. The van der Waals surface area contributed by atoms with E-state index in [9.17, 15) is 0 Å². The van der Waals surface area contributed by atoms with Gasteiger partial charge >= 0.3 is 0 Å². The molecule has 0 unspecified atom stereocenters. The van der Waals surface area contributed by atoms with Gasteiger partial charge in [-0.15, -0.1) is 11.3 Å². The van der Waals surface area contributed by atoms with E-state index in [2.05, 4.69) is 152 Å². The van der Waals surface area contributed by atoms with Crippen LogP contribution in [0.25, 0.3) is 54.4 Å². The van der Waals surface area contributed by atoms with Crippen LogP contribution < -0.4 is 0 Å². The Hall–Kier alpha value is -5.71. The largest absolute Gasteiger partial charge is 0.208 e. The van der Waals surface area contributed by atoms with Gasteiger partial charge in [0.1, 0.15) is 0 Å². The highest BCUT2D eigenvalue weighted by molar-refractivity contribution is 7.22. The third kappa shape index (κ3) is 7.07. The zero-order chi connectivity index (χ0) is 35.4. The van der Waals surface area contributed by atoms with Crippen molar-refractivity contribution < 1.29 is 0 Å². The van der Waals surface area contributed by atoms with Crippen molar-refractivity contribution >= 4 is 32.6 Å². The molecule has 0 radical (unpaired) electrons. The van der Waals surface area contributed by atoms with Crippen LogP contribution in [0.3, 0.4) is 0 Å². The third-order valence-electron chi connectivity index (χ3n) is 10.4. The lowest BCUT2D eigenvalue weighted by Gasteiger charge is -2.24. The SMILES string of the molecule is C1=CC(/C(C2=CCCCC2)=C(/c2ccccc2)c2ccc(-c3ccc(-c4nc(C5=CCCC=C5)nc(-c5cc6ccccc6s5)n4)cc3)cc2)=CCC1. The molecule has 0 N–H and O–H groups in total. The normalized spacial score (nSPS) is 16.2. The number of aromatic nitrogens is 3. The summed E-state index contributed by atoms with van der Waals surface area (Å²) in [7, 11) is 0. The number of hydrogen-bond acceptors (Lipinski definition) is 4. The first-order valence-corrected chi connectivity index (χ1v) is 19.8. The van der Waals surface area contributed by atoms with Gasteiger partial charge in [-0.25, -0.2) is 15.0 Å². The van der Waals surface area contributed by atoms with Crippen molar-refractivity contribution in [1.29, 1.82) is 0 Å². The molecule has 4 aromatic carbocycles. The molecule has 6 aromatic rings. The van der Waals surface area contributed by atoms with Gasteiger partial charge in [0.05, 0.1) is 4.88 Å². The minimum atomic E-state index is 0.692. The molecule has 0 atom stereocenters. The molecule has 2 aromatic heterocycles. The molecule has 0 saturated heterocycles. The second kappa shape index (κ2) is 15.1. The summed E-state index contributed by atoms with van der Waals surface area (Å²) in [5, 5.41) is 1.21. The van der Waals surface area contributed by atoms with E-state index in [1.165, 1.54) is 61.9 Å². The van der Waals surface area contributed by atoms with Crippen LogP contribution in [0.2, 0.25) is 0 Å². The summed E-state index contributed by atoms with van der Waals surface area (Å²) >= 11 is 1.73. The Bertz CT molecular complexity index is 2440. The van der Waals surface area contributed by atoms with E-state index in [4.69, 9.17) is 15.0 Å². The lowest BCUT2D eigenvalue weighted by atomic mass is 9.80. The van der Waals surface area contributed by atoms with Crippen LogP contribution in [0, 0.1) is 0 Å². The molecule has 0 saturated carbocycles. The molecule has 9 rings (SSSR count). The van der Waals surface area contributed by atoms with E-state index in [-0.39, 0.29) is 0 Å². The molecular weight excluding hydrogens is 663 g/mol. The van der Waals surface area contributed by atoms with Gasteiger partial charge in [0.2, 0.25) is 0 Å². The maximum atomic E-state index is 5.04. The van der Waals surface area contributed by atoms with Gasteiger partial charge < -0.3 is 0 Å². The molecule has 3 aliphatic carbocycles. The topological polar surface area (TPSA) is 38.7 Å². The highest BCUT2D eigenvalue weighted by Gasteiger charge is 2.21. The molecule has 0 bridgehead atoms. The Labute approximate surface area is 316 Å². The number of benzene rings is 4. The number of thiophene rings is 1. The highest BCUT2D eigenvalue weighted by Crippen LogP contribution is 2.40. The van der Waals surface area contributed by atoms with Gasteiger partial charge in [0.25, 0.3) is 0 Å². The number of allylic oxidation sites excluding steroid dienone is 11. The molecule has 4 heteroatoms. The van der Waals surface area contributed by atoms with Crippen LogP contribution in [-0.2, 0) is 0 Å². The van der Waals surface area contributed by atoms with Gasteiger partial charge in [0, 0.05) is 15.8 Å². The molecule has 0 fully saturated rings. The van der Waals surface area contributed by atoms with Crippen molar-refractivity contribution in [1.82, 2.24) is 15.0 Å². The Balaban J connectivity index is 1.07. The fourth-order valence-electron chi connectivity index (χ4n) is 7.67. The minimum absolute atomic E-state index is 0.692. The lowest BCUT2D eigenvalue weighted by Crippen LogP contribution is -2.04. The average Bonchev–Trinajstić information content (AvgIpc) is 3.69. The van der Waals surface area contributed by atoms with Crippen molar-refractivity contribution in [3.05, 3.63) is 185 Å². The Kier molecular flexibility index (Phi) is 9.45. The number of rotatable bonds is 8. The number of fused-ring (bicyclic) bond motifs is 1. The van der Waals surface area contributed by atoms with Crippen LogP contribution >= 0.6 is 11.3 Å². The van der Waals surface area contributed by atoms with Crippen molar-refractivity contribution in [2.24, 2.45) is 0 Å². The van der Waals surface area contributed by atoms with Gasteiger partial charge in [-0.05, 0) is 113 Å². The van der Waals surface area contributed by atoms with E-state index < -0.39 is 0 Å². The van der Waals surface area contributed by atoms with E-state index in [0.717, 1.165) is 71.8 Å². The summed E-state index contributed by atoms with van der Waals surface area (Å²) in [5.74, 6) is 2.14. The third-order valence-corrected chi connectivity index (χ3v) is 11.5. The average molecular weight is 704 g/mol. The van der Waals surface area contributed by atoms with Crippen molar-refractivity contribution in [3.63, 3.8) is 0 Å². The number of hydrogen-bond donors (Lipinski definition) is 0. The van der Waals surface area contributed by atoms with Crippen LogP contribution in [0.1, 0.15) is 68.3 Å². The van der Waals surface area contributed by atoms with Crippen molar-refractivity contribution in [2.45, 2.75) is 51.4 Å². The maximum absolute atomic E-state index is 5.04.